The van der Waals surface area contributed by atoms with Crippen LogP contribution in [0.25, 0.3) is 0 Å². The normalized spacial score (nSPS) is 22.6. The van der Waals surface area contributed by atoms with Gasteiger partial charge in [-0.1, -0.05) is 0 Å². The van der Waals surface area contributed by atoms with Crippen molar-refractivity contribution in [1.82, 2.24) is 9.78 Å². The number of nitrogens with zero attached hydrogens (tertiary/aromatic N) is 3. The Balaban J connectivity index is 1.97. The predicted octanol–water partition coefficient (Wildman–Crippen LogP) is 2.60. The Kier molecular flexibility index (Phi) is 4.21. The van der Waals surface area contributed by atoms with Crippen LogP contribution in [-0.4, -0.2) is 21.9 Å². The van der Waals surface area contributed by atoms with Gasteiger partial charge in [0.15, 0.2) is 0 Å². The molecule has 0 unspecified atom stereocenters. The second-order valence-corrected chi connectivity index (χ2v) is 5.22. The maximum absolute atomic E-state index is 12.6. The first-order chi connectivity index (χ1) is 9.82. The highest BCUT2D eigenvalue weighted by molar-refractivity contribution is 5.92. The third kappa shape index (κ3) is 3.35. The van der Waals surface area contributed by atoms with Gasteiger partial charge in [0.25, 0.3) is 0 Å². The first-order valence-corrected chi connectivity index (χ1v) is 6.62. The van der Waals surface area contributed by atoms with E-state index in [1.807, 2.05) is 6.07 Å². The summed E-state index contributed by atoms with van der Waals surface area (Å²) in [5, 5.41) is 15.4. The summed E-state index contributed by atoms with van der Waals surface area (Å²) in [7, 11) is 1.58. The molecule has 1 heterocycles. The van der Waals surface area contributed by atoms with Crippen molar-refractivity contribution in [2.24, 2.45) is 18.9 Å². The third-order valence-corrected chi connectivity index (χ3v) is 3.86. The molecule has 1 aromatic rings. The maximum Gasteiger partial charge on any atom is 0.391 e. The summed E-state index contributed by atoms with van der Waals surface area (Å²) in [5.74, 6) is -1.84. The molecule has 1 fully saturated rings. The lowest BCUT2D eigenvalue weighted by molar-refractivity contribution is -0.184. The molecule has 5 nitrogen and oxygen atoms in total. The van der Waals surface area contributed by atoms with Crippen LogP contribution >= 0.6 is 0 Å². The Morgan fingerprint density at radius 1 is 1.43 bits per heavy atom. The van der Waals surface area contributed by atoms with E-state index in [2.05, 4.69) is 10.4 Å². The van der Waals surface area contributed by atoms with Crippen molar-refractivity contribution in [3.63, 3.8) is 0 Å². The zero-order valence-electron chi connectivity index (χ0n) is 11.4. The van der Waals surface area contributed by atoms with Crippen molar-refractivity contribution >= 4 is 11.7 Å². The summed E-state index contributed by atoms with van der Waals surface area (Å²) in [6, 6.07) is 1.90. The molecular weight excluding hydrogens is 285 g/mol. The minimum Gasteiger partial charge on any atom is -0.310 e. The van der Waals surface area contributed by atoms with Crippen LogP contribution < -0.4 is 5.32 Å². The average molecular weight is 300 g/mol. The number of carbonyl (C=O) groups excluding carboxylic acids is 1. The average Bonchev–Trinajstić information content (AvgIpc) is 2.79. The van der Waals surface area contributed by atoms with E-state index in [9.17, 15) is 18.0 Å². The van der Waals surface area contributed by atoms with Gasteiger partial charge in [-0.25, -0.2) is 0 Å². The molecule has 21 heavy (non-hydrogen) atoms. The minimum atomic E-state index is -4.18. The van der Waals surface area contributed by atoms with E-state index in [0.29, 0.717) is 0 Å². The molecular formula is C13H15F3N4O. The number of aromatic nitrogens is 2. The van der Waals surface area contributed by atoms with Crippen molar-refractivity contribution in [3.8, 4) is 6.07 Å². The fraction of sp³-hybridized carbons (Fsp3) is 0.615. The Labute approximate surface area is 119 Å². The molecule has 0 bridgehead atoms. The summed E-state index contributed by atoms with van der Waals surface area (Å²) in [6.45, 7) is 0. The largest absolute Gasteiger partial charge is 0.391 e. The second-order valence-electron chi connectivity index (χ2n) is 5.22. The molecule has 1 amide bonds. The molecule has 8 heteroatoms. The lowest BCUT2D eigenvalue weighted by Crippen LogP contribution is -2.33. The van der Waals surface area contributed by atoms with Crippen LogP contribution in [0.5, 0.6) is 0 Å². The maximum atomic E-state index is 12.6. The van der Waals surface area contributed by atoms with E-state index < -0.39 is 18.0 Å². The van der Waals surface area contributed by atoms with Crippen molar-refractivity contribution in [2.45, 2.75) is 31.9 Å². The van der Waals surface area contributed by atoms with Gasteiger partial charge in [0, 0.05) is 13.0 Å². The molecule has 114 valence electrons. The summed E-state index contributed by atoms with van der Waals surface area (Å²) in [6.07, 6.45) is -2.50. The van der Waals surface area contributed by atoms with Gasteiger partial charge in [0.1, 0.15) is 17.5 Å². The number of carbonyl (C=O) groups is 1. The van der Waals surface area contributed by atoms with Crippen molar-refractivity contribution in [1.29, 1.82) is 5.26 Å². The molecule has 0 radical (unpaired) electrons. The molecule has 1 aliphatic rings. The highest BCUT2D eigenvalue weighted by atomic mass is 19.4. The Morgan fingerprint density at radius 3 is 2.57 bits per heavy atom. The second kappa shape index (κ2) is 5.76. The topological polar surface area (TPSA) is 70.7 Å². The smallest absolute Gasteiger partial charge is 0.310 e. The van der Waals surface area contributed by atoms with Gasteiger partial charge in [0.2, 0.25) is 5.91 Å². The summed E-state index contributed by atoms with van der Waals surface area (Å²) in [5.41, 5.74) is 0.231. The fourth-order valence-corrected chi connectivity index (χ4v) is 2.57. The molecule has 1 aliphatic carbocycles. The van der Waals surface area contributed by atoms with Crippen LogP contribution in [-0.2, 0) is 11.8 Å². The predicted molar refractivity (Wildman–Crippen MR) is 68.1 cm³/mol. The van der Waals surface area contributed by atoms with Crippen molar-refractivity contribution in [2.75, 3.05) is 5.32 Å². The van der Waals surface area contributed by atoms with Crippen LogP contribution in [0, 0.1) is 23.2 Å². The van der Waals surface area contributed by atoms with Gasteiger partial charge >= 0.3 is 6.18 Å². The number of nitrogens with one attached hydrogen (secondary N) is 1. The first kappa shape index (κ1) is 15.4. The number of hydrogen-bond acceptors (Lipinski definition) is 3. The Bertz CT molecular complexity index is 565. The Hall–Kier alpha value is -2.04. The monoisotopic (exact) mass is 300 g/mol. The number of aryl methyl sites for hydroxylation is 1. The van der Waals surface area contributed by atoms with Crippen molar-refractivity contribution in [3.05, 3.63) is 11.8 Å². The molecule has 1 saturated carbocycles. The lowest BCUT2D eigenvalue weighted by atomic mass is 9.81. The fourth-order valence-electron chi connectivity index (χ4n) is 2.57. The molecule has 0 spiro atoms. The SMILES string of the molecule is Cn1ncc(C#N)c1NC(=O)C1CCC(C(F)(F)F)CC1. The minimum absolute atomic E-state index is 0.0297. The van der Waals surface area contributed by atoms with Gasteiger partial charge in [-0.3, -0.25) is 9.48 Å². The van der Waals surface area contributed by atoms with Crippen LogP contribution in [0.3, 0.4) is 0 Å². The lowest BCUT2D eigenvalue weighted by Gasteiger charge is -2.29. The number of alkyl halides is 3. The number of amides is 1. The molecule has 0 atom stereocenters. The summed E-state index contributed by atoms with van der Waals surface area (Å²) < 4.78 is 39.1. The van der Waals surface area contributed by atoms with Crippen LogP contribution in [0.4, 0.5) is 19.0 Å². The van der Waals surface area contributed by atoms with E-state index in [-0.39, 0.29) is 43.0 Å². The third-order valence-electron chi connectivity index (χ3n) is 3.86. The van der Waals surface area contributed by atoms with Gasteiger partial charge in [-0.2, -0.15) is 23.5 Å². The molecule has 2 rings (SSSR count). The number of halogens is 3. The van der Waals surface area contributed by atoms with Gasteiger partial charge in [-0.15, -0.1) is 0 Å². The highest BCUT2D eigenvalue weighted by Gasteiger charge is 2.42. The summed E-state index contributed by atoms with van der Waals surface area (Å²) in [4.78, 5) is 12.1. The number of nitriles is 1. The zero-order valence-corrected chi connectivity index (χ0v) is 11.4. The van der Waals surface area contributed by atoms with Gasteiger partial charge in [0.05, 0.1) is 12.1 Å². The summed E-state index contributed by atoms with van der Waals surface area (Å²) >= 11 is 0. The molecule has 1 aromatic heterocycles. The van der Waals surface area contributed by atoms with Gasteiger partial charge < -0.3 is 5.32 Å². The van der Waals surface area contributed by atoms with E-state index in [4.69, 9.17) is 5.26 Å². The van der Waals surface area contributed by atoms with Crippen LogP contribution in [0.15, 0.2) is 6.20 Å². The first-order valence-electron chi connectivity index (χ1n) is 6.62. The number of rotatable bonds is 2. The van der Waals surface area contributed by atoms with E-state index in [1.165, 1.54) is 10.9 Å². The van der Waals surface area contributed by atoms with Crippen LogP contribution in [0.2, 0.25) is 0 Å². The standard InChI is InChI=1S/C13H15F3N4O/c1-20-11(9(6-17)7-18-20)19-12(21)8-2-4-10(5-3-8)13(14,15)16/h7-8,10H,2-5H2,1H3,(H,19,21). The zero-order chi connectivity index (χ0) is 15.6. The molecule has 0 aliphatic heterocycles. The molecule has 1 N–H and O–H groups in total. The van der Waals surface area contributed by atoms with E-state index in [0.717, 1.165) is 0 Å². The molecule has 0 saturated heterocycles. The molecule has 0 aromatic carbocycles. The number of hydrogen-bond donors (Lipinski definition) is 1. The van der Waals surface area contributed by atoms with Crippen LogP contribution in [0.1, 0.15) is 31.2 Å². The number of anilines is 1. The van der Waals surface area contributed by atoms with E-state index in [1.54, 1.807) is 7.05 Å². The van der Waals surface area contributed by atoms with Gasteiger partial charge in [-0.05, 0) is 25.7 Å². The highest BCUT2D eigenvalue weighted by Crippen LogP contribution is 2.39. The Morgan fingerprint density at radius 2 is 2.05 bits per heavy atom. The quantitative estimate of drug-likeness (QED) is 0.912. The van der Waals surface area contributed by atoms with Crippen molar-refractivity contribution < 1.29 is 18.0 Å². The van der Waals surface area contributed by atoms with E-state index >= 15 is 0 Å².